The lowest BCUT2D eigenvalue weighted by atomic mass is 10.1. The first-order chi connectivity index (χ1) is 12.0. The average Bonchev–Trinajstić information content (AvgIpc) is 3.20. The van der Waals surface area contributed by atoms with E-state index in [4.69, 9.17) is 16.9 Å². The predicted octanol–water partition coefficient (Wildman–Crippen LogP) is 2.67. The first-order valence-electron chi connectivity index (χ1n) is 7.54. The van der Waals surface area contributed by atoms with Crippen molar-refractivity contribution in [3.63, 3.8) is 0 Å². The topological polar surface area (TPSA) is 99.4 Å². The zero-order valence-corrected chi connectivity index (χ0v) is 14.4. The number of hydrogen-bond acceptors (Lipinski definition) is 4. The molecule has 7 nitrogen and oxygen atoms in total. The van der Waals surface area contributed by atoms with Gasteiger partial charge in [-0.25, -0.2) is 9.67 Å². The van der Waals surface area contributed by atoms with Crippen molar-refractivity contribution in [1.82, 2.24) is 25.1 Å². The van der Waals surface area contributed by atoms with Crippen LogP contribution in [0.1, 0.15) is 33.1 Å². The summed E-state index contributed by atoms with van der Waals surface area (Å²) in [4.78, 5) is 19.5. The number of rotatable bonds is 4. The zero-order chi connectivity index (χ0) is 18.0. The lowest BCUT2D eigenvalue weighted by Crippen LogP contribution is -2.24. The number of hydrogen-bond donors (Lipinski definition) is 2. The summed E-state index contributed by atoms with van der Waals surface area (Å²) in [6.45, 7) is 3.89. The van der Waals surface area contributed by atoms with E-state index < -0.39 is 0 Å². The van der Waals surface area contributed by atoms with Crippen molar-refractivity contribution in [2.45, 2.75) is 20.4 Å². The molecular weight excluding hydrogens is 340 g/mol. The third-order valence-corrected chi connectivity index (χ3v) is 4.12. The second kappa shape index (κ2) is 6.79. The maximum absolute atomic E-state index is 12.5. The smallest absolute Gasteiger partial charge is 0.255 e. The van der Waals surface area contributed by atoms with Crippen LogP contribution in [-0.4, -0.2) is 25.7 Å². The molecule has 25 heavy (non-hydrogen) atoms. The molecule has 1 aromatic carbocycles. The number of aromatic nitrogens is 4. The Kier molecular flexibility index (Phi) is 4.55. The summed E-state index contributed by atoms with van der Waals surface area (Å²) in [5, 5.41) is 16.6. The van der Waals surface area contributed by atoms with Crippen molar-refractivity contribution in [2.24, 2.45) is 0 Å². The minimum atomic E-state index is -0.225. The molecule has 3 rings (SSSR count). The number of carbonyl (C=O) groups excluding carboxylic acids is 1. The van der Waals surface area contributed by atoms with Crippen LogP contribution in [0.15, 0.2) is 30.6 Å². The van der Waals surface area contributed by atoms with Crippen LogP contribution >= 0.6 is 11.6 Å². The summed E-state index contributed by atoms with van der Waals surface area (Å²) in [5.74, 6) is 0.451. The van der Waals surface area contributed by atoms with Crippen molar-refractivity contribution in [3.05, 3.63) is 64.0 Å². The maximum Gasteiger partial charge on any atom is 0.255 e. The number of nitrogens with one attached hydrogen (secondary N) is 2. The summed E-state index contributed by atoms with van der Waals surface area (Å²) in [7, 11) is 0. The highest BCUT2D eigenvalue weighted by molar-refractivity contribution is 6.31. The number of imidazole rings is 1. The Morgan fingerprint density at radius 3 is 2.88 bits per heavy atom. The van der Waals surface area contributed by atoms with Crippen molar-refractivity contribution >= 4 is 17.5 Å². The molecule has 2 heterocycles. The molecule has 8 heteroatoms. The van der Waals surface area contributed by atoms with Gasteiger partial charge in [0.05, 0.1) is 39.8 Å². The first kappa shape index (κ1) is 16.7. The first-order valence-corrected chi connectivity index (χ1v) is 7.91. The maximum atomic E-state index is 12.5. The van der Waals surface area contributed by atoms with Crippen LogP contribution in [0.3, 0.4) is 0 Å². The number of nitriles is 1. The fraction of sp³-hybridized carbons (Fsp3) is 0.176. The van der Waals surface area contributed by atoms with E-state index in [1.165, 1.54) is 0 Å². The molecule has 0 aliphatic carbocycles. The van der Waals surface area contributed by atoms with Gasteiger partial charge in [-0.3, -0.25) is 4.79 Å². The zero-order valence-electron chi connectivity index (χ0n) is 13.7. The van der Waals surface area contributed by atoms with Gasteiger partial charge in [-0.2, -0.15) is 10.4 Å². The molecule has 1 amide bonds. The highest BCUT2D eigenvalue weighted by atomic mass is 35.5. The molecular formula is C17H15ClN6O. The Morgan fingerprint density at radius 2 is 2.24 bits per heavy atom. The van der Waals surface area contributed by atoms with Gasteiger partial charge in [0.2, 0.25) is 0 Å². The van der Waals surface area contributed by atoms with Crippen LogP contribution in [-0.2, 0) is 6.54 Å². The minimum absolute atomic E-state index is 0.225. The number of aryl methyl sites for hydroxylation is 1. The van der Waals surface area contributed by atoms with Crippen molar-refractivity contribution in [2.75, 3.05) is 0 Å². The Labute approximate surface area is 149 Å². The molecule has 3 aromatic rings. The Hall–Kier alpha value is -3.11. The summed E-state index contributed by atoms with van der Waals surface area (Å²) < 4.78 is 1.64. The van der Waals surface area contributed by atoms with Crippen LogP contribution in [0.2, 0.25) is 5.02 Å². The SMILES string of the molecule is Cc1nn(-c2ccc(C#N)c(Cl)c2)c(C)c1C(=O)NCc1ncc[nH]1. The van der Waals surface area contributed by atoms with Gasteiger partial charge in [0, 0.05) is 12.4 Å². The van der Waals surface area contributed by atoms with E-state index in [1.807, 2.05) is 13.0 Å². The van der Waals surface area contributed by atoms with E-state index in [1.54, 1.807) is 42.2 Å². The highest BCUT2D eigenvalue weighted by Crippen LogP contribution is 2.23. The van der Waals surface area contributed by atoms with Crippen LogP contribution in [0.4, 0.5) is 0 Å². The van der Waals surface area contributed by atoms with Gasteiger partial charge in [0.15, 0.2) is 0 Å². The largest absolute Gasteiger partial charge is 0.347 e. The average molecular weight is 355 g/mol. The fourth-order valence-electron chi connectivity index (χ4n) is 2.60. The number of benzene rings is 1. The third-order valence-electron chi connectivity index (χ3n) is 3.81. The van der Waals surface area contributed by atoms with Gasteiger partial charge in [-0.1, -0.05) is 11.6 Å². The van der Waals surface area contributed by atoms with Crippen LogP contribution in [0, 0.1) is 25.2 Å². The van der Waals surface area contributed by atoms with E-state index in [9.17, 15) is 4.79 Å². The second-order valence-electron chi connectivity index (χ2n) is 5.45. The Balaban J connectivity index is 1.89. The van der Waals surface area contributed by atoms with Gasteiger partial charge in [0.25, 0.3) is 5.91 Å². The number of aromatic amines is 1. The van der Waals surface area contributed by atoms with Crippen molar-refractivity contribution in [3.8, 4) is 11.8 Å². The van der Waals surface area contributed by atoms with Gasteiger partial charge >= 0.3 is 0 Å². The Bertz CT molecular complexity index is 968. The number of halogens is 1. The summed E-state index contributed by atoms with van der Waals surface area (Å²) >= 11 is 6.09. The molecule has 0 spiro atoms. The lowest BCUT2D eigenvalue weighted by Gasteiger charge is -2.07. The molecule has 2 aromatic heterocycles. The van der Waals surface area contributed by atoms with Crippen molar-refractivity contribution < 1.29 is 4.79 Å². The van der Waals surface area contributed by atoms with Crippen LogP contribution in [0.25, 0.3) is 5.69 Å². The van der Waals surface area contributed by atoms with E-state index >= 15 is 0 Å². The van der Waals surface area contributed by atoms with Gasteiger partial charge in [-0.15, -0.1) is 0 Å². The summed E-state index contributed by atoms with van der Waals surface area (Å²) in [6, 6.07) is 7.05. The standard InChI is InChI=1S/C17H15ClN6O/c1-10-16(17(25)22-9-15-20-5-6-21-15)11(2)24(23-10)13-4-3-12(8-19)14(18)7-13/h3-7H,9H2,1-2H3,(H,20,21)(H,22,25). The van der Waals surface area contributed by atoms with Gasteiger partial charge in [-0.05, 0) is 32.0 Å². The van der Waals surface area contributed by atoms with Gasteiger partial charge in [0.1, 0.15) is 11.9 Å². The molecule has 0 aliphatic rings. The molecule has 0 saturated carbocycles. The normalized spacial score (nSPS) is 10.5. The van der Waals surface area contributed by atoms with Crippen LogP contribution < -0.4 is 5.32 Å². The molecule has 126 valence electrons. The number of H-pyrrole nitrogens is 1. The molecule has 0 unspecified atom stereocenters. The molecule has 2 N–H and O–H groups in total. The summed E-state index contributed by atoms with van der Waals surface area (Å²) in [5.41, 5.74) is 2.88. The Morgan fingerprint density at radius 1 is 1.44 bits per heavy atom. The number of nitrogens with zero attached hydrogens (tertiary/aromatic N) is 4. The predicted molar refractivity (Wildman–Crippen MR) is 92.5 cm³/mol. The molecule has 0 aliphatic heterocycles. The molecule has 0 bridgehead atoms. The monoisotopic (exact) mass is 354 g/mol. The molecule has 0 radical (unpaired) electrons. The molecule has 0 atom stereocenters. The van der Waals surface area contributed by atoms with E-state index in [-0.39, 0.29) is 5.91 Å². The van der Waals surface area contributed by atoms with E-state index in [2.05, 4.69) is 20.4 Å². The fourth-order valence-corrected chi connectivity index (χ4v) is 2.81. The number of carbonyl (C=O) groups is 1. The van der Waals surface area contributed by atoms with E-state index in [0.29, 0.717) is 45.6 Å². The molecule has 0 fully saturated rings. The third kappa shape index (κ3) is 3.25. The lowest BCUT2D eigenvalue weighted by molar-refractivity contribution is 0.0948. The second-order valence-corrected chi connectivity index (χ2v) is 5.86. The van der Waals surface area contributed by atoms with Crippen LogP contribution in [0.5, 0.6) is 0 Å². The minimum Gasteiger partial charge on any atom is -0.347 e. The van der Waals surface area contributed by atoms with Crippen molar-refractivity contribution in [1.29, 1.82) is 5.26 Å². The van der Waals surface area contributed by atoms with E-state index in [0.717, 1.165) is 0 Å². The molecule has 0 saturated heterocycles. The highest BCUT2D eigenvalue weighted by Gasteiger charge is 2.19. The quantitative estimate of drug-likeness (QED) is 0.752. The number of amides is 1. The van der Waals surface area contributed by atoms with Gasteiger partial charge < -0.3 is 10.3 Å². The summed E-state index contributed by atoms with van der Waals surface area (Å²) in [6.07, 6.45) is 3.33.